The third kappa shape index (κ3) is 15.1. The van der Waals surface area contributed by atoms with E-state index in [2.05, 4.69) is 103 Å². The Morgan fingerprint density at radius 1 is 0.536 bits per heavy atom. The van der Waals surface area contributed by atoms with Gasteiger partial charge in [-0.2, -0.15) is 47.0 Å². The topological polar surface area (TPSA) is 18.5 Å². The van der Waals surface area contributed by atoms with Gasteiger partial charge in [-0.25, -0.2) is 0 Å². The maximum atomic E-state index is 6.71. The number of aryl methyl sites for hydroxylation is 2. The molecule has 0 radical (unpaired) electrons. The van der Waals surface area contributed by atoms with Crippen molar-refractivity contribution in [1.82, 2.24) is 0 Å². The first-order chi connectivity index (χ1) is 27.5. The highest BCUT2D eigenvalue weighted by molar-refractivity contribution is 8.13. The molecule has 4 aliphatic heterocycles. The van der Waals surface area contributed by atoms with Crippen molar-refractivity contribution in [3.63, 3.8) is 0 Å². The predicted molar refractivity (Wildman–Crippen MR) is 257 cm³/mol. The minimum atomic E-state index is -2.85. The van der Waals surface area contributed by atoms with Crippen molar-refractivity contribution in [2.75, 3.05) is 5.75 Å². The molecule has 4 aliphatic rings. The minimum absolute atomic E-state index is 0.812. The van der Waals surface area contributed by atoms with Gasteiger partial charge in [0.15, 0.2) is 0 Å². The molecule has 0 bridgehead atoms. The van der Waals surface area contributed by atoms with Gasteiger partial charge in [0.2, 0.25) is 0 Å². The van der Waals surface area contributed by atoms with E-state index in [0.717, 1.165) is 66.4 Å². The van der Waals surface area contributed by atoms with Crippen LogP contribution in [0.5, 0.6) is 11.5 Å². The predicted octanol–water partition coefficient (Wildman–Crippen LogP) is 14.9. The Bertz CT molecular complexity index is 1650. The largest absolute Gasteiger partial charge is 0.432 e. The van der Waals surface area contributed by atoms with E-state index in [1.165, 1.54) is 139 Å². The quantitative estimate of drug-likeness (QED) is 0.0373. The minimum Gasteiger partial charge on any atom is -0.432 e. The second kappa shape index (κ2) is 22.8. The lowest BCUT2D eigenvalue weighted by Crippen LogP contribution is -2.14. The maximum absolute atomic E-state index is 6.71. The van der Waals surface area contributed by atoms with Gasteiger partial charge >= 0.3 is 6.49 Å². The van der Waals surface area contributed by atoms with E-state index in [1.807, 2.05) is 30.3 Å². The molecule has 306 valence electrons. The summed E-state index contributed by atoms with van der Waals surface area (Å²) < 4.78 is 13.4. The number of benzene rings is 3. The van der Waals surface area contributed by atoms with Gasteiger partial charge in [-0.05, 0) is 117 Å². The van der Waals surface area contributed by atoms with Crippen molar-refractivity contribution in [1.29, 1.82) is 0 Å². The molecule has 0 aromatic heterocycles. The molecule has 3 aromatic rings. The van der Waals surface area contributed by atoms with Crippen LogP contribution in [0.2, 0.25) is 0 Å². The van der Waals surface area contributed by atoms with Crippen LogP contribution in [-0.4, -0.2) is 42.5 Å². The van der Waals surface area contributed by atoms with Crippen molar-refractivity contribution < 1.29 is 9.05 Å². The Kier molecular flexibility index (Phi) is 17.7. The van der Waals surface area contributed by atoms with Crippen LogP contribution in [0.25, 0.3) is 0 Å². The molecule has 8 unspecified atom stereocenters. The van der Waals surface area contributed by atoms with Crippen LogP contribution in [0, 0.1) is 0 Å². The second-order valence-electron chi connectivity index (χ2n) is 16.8. The SMILES string of the molecule is CCCCCCC1SC1CCCCCCCc1cccc(OP(=S)(Oc2cccc(CCCCCCCC3SC3CC3SC3CC3CS3)c2)c2ccccc2)c1. The number of hydrogen-bond acceptors (Lipinski definition) is 7. The average molecular weight is 867 g/mol. The molecular weight excluding hydrogens is 800 g/mol. The van der Waals surface area contributed by atoms with E-state index >= 15 is 0 Å². The molecule has 8 atom stereocenters. The zero-order chi connectivity index (χ0) is 38.4. The van der Waals surface area contributed by atoms with Gasteiger partial charge in [0.05, 0.1) is 5.30 Å². The first-order valence-electron chi connectivity index (χ1n) is 22.4. The molecule has 3 aromatic carbocycles. The molecule has 7 rings (SSSR count). The molecule has 2 nitrogen and oxygen atoms in total. The van der Waals surface area contributed by atoms with Crippen LogP contribution in [0.15, 0.2) is 78.9 Å². The molecule has 8 heteroatoms. The fourth-order valence-electron chi connectivity index (χ4n) is 8.32. The summed E-state index contributed by atoms with van der Waals surface area (Å²) in [6, 6.07) is 27.4. The summed E-state index contributed by atoms with van der Waals surface area (Å²) >= 11 is 15.3. The van der Waals surface area contributed by atoms with E-state index in [4.69, 9.17) is 20.9 Å². The van der Waals surface area contributed by atoms with Crippen LogP contribution in [0.3, 0.4) is 0 Å². The normalized spacial score (nSPS) is 25.7. The van der Waals surface area contributed by atoms with Crippen LogP contribution < -0.4 is 14.4 Å². The molecule has 4 fully saturated rings. The zero-order valence-corrected chi connectivity index (χ0v) is 38.9. The van der Waals surface area contributed by atoms with Crippen LogP contribution in [0.1, 0.15) is 140 Å². The summed E-state index contributed by atoms with van der Waals surface area (Å²) in [6.07, 6.45) is 28.4. The summed E-state index contributed by atoms with van der Waals surface area (Å²) in [7, 11) is 0. The third-order valence-electron chi connectivity index (χ3n) is 12.0. The van der Waals surface area contributed by atoms with Crippen molar-refractivity contribution in [3.8, 4) is 11.5 Å². The molecule has 4 saturated heterocycles. The Morgan fingerprint density at radius 2 is 1.00 bits per heavy atom. The highest BCUT2D eigenvalue weighted by Crippen LogP contribution is 2.57. The molecule has 0 aliphatic carbocycles. The van der Waals surface area contributed by atoms with E-state index in [0.29, 0.717) is 0 Å². The Balaban J connectivity index is 0.788. The van der Waals surface area contributed by atoms with Crippen LogP contribution in [0.4, 0.5) is 0 Å². The molecule has 0 N–H and O–H groups in total. The number of unbranched alkanes of at least 4 members (excludes halogenated alkanes) is 11. The van der Waals surface area contributed by atoms with Crippen LogP contribution >= 0.6 is 53.5 Å². The third-order valence-corrected chi connectivity index (χ3v) is 20.3. The molecule has 0 spiro atoms. The summed E-state index contributed by atoms with van der Waals surface area (Å²) in [5.74, 6) is 3.06. The van der Waals surface area contributed by atoms with Gasteiger partial charge in [-0.1, -0.05) is 126 Å². The Labute approximate surface area is 362 Å². The lowest BCUT2D eigenvalue weighted by Gasteiger charge is -2.24. The highest BCUT2D eigenvalue weighted by atomic mass is 32.5. The molecular formula is C48H67O2PS5. The zero-order valence-electron chi connectivity index (χ0n) is 33.9. The lowest BCUT2D eigenvalue weighted by atomic mass is 10.0. The van der Waals surface area contributed by atoms with E-state index in [1.54, 1.807) is 0 Å². The van der Waals surface area contributed by atoms with Crippen molar-refractivity contribution >= 4 is 70.7 Å². The van der Waals surface area contributed by atoms with E-state index in [9.17, 15) is 0 Å². The van der Waals surface area contributed by atoms with Gasteiger partial charge in [0.25, 0.3) is 0 Å². The molecule has 0 saturated carbocycles. The Morgan fingerprint density at radius 3 is 1.57 bits per heavy atom. The Hall–Kier alpha value is -0.690. The summed E-state index contributed by atoms with van der Waals surface area (Å²) in [6.45, 7) is -0.548. The molecule has 4 heterocycles. The van der Waals surface area contributed by atoms with Gasteiger partial charge in [-0.3, -0.25) is 0 Å². The number of hydrogen-bond donors (Lipinski definition) is 0. The van der Waals surface area contributed by atoms with Gasteiger partial charge < -0.3 is 9.05 Å². The highest BCUT2D eigenvalue weighted by Gasteiger charge is 2.48. The lowest BCUT2D eigenvalue weighted by molar-refractivity contribution is 0.497. The summed E-state index contributed by atoms with van der Waals surface area (Å²) in [5.41, 5.74) is 2.64. The van der Waals surface area contributed by atoms with Crippen LogP contribution in [-0.2, 0) is 24.6 Å². The smallest absolute Gasteiger partial charge is 0.319 e. The second-order valence-corrected chi connectivity index (χ2v) is 25.9. The standard InChI is InChI=1S/C48H67O2PS5/c1-2-3-4-16-29-43-44(54-43)30-17-9-5-7-12-21-37-23-19-25-39(32-37)49-51(52,41-27-14-11-15-28-41)50-40-26-20-24-38(33-40)22-13-8-6-10-18-31-45-47(55-45)35-48-46(56-48)34-42-36-53-42/h11,14-15,19-20,23-28,32-33,42-48H,2-10,12-13,16-18,21-22,29-31,34-36H2,1H3. The first kappa shape index (κ1) is 43.4. The number of thioether (sulfide) groups is 4. The fraction of sp³-hybridized carbons (Fsp3) is 0.625. The van der Waals surface area contributed by atoms with Gasteiger partial charge in [0, 0.05) is 42.5 Å². The summed E-state index contributed by atoms with van der Waals surface area (Å²) in [5, 5.41) is 7.88. The van der Waals surface area contributed by atoms with E-state index < -0.39 is 6.49 Å². The molecule has 0 amide bonds. The molecule has 56 heavy (non-hydrogen) atoms. The van der Waals surface area contributed by atoms with Gasteiger partial charge in [0.1, 0.15) is 11.5 Å². The number of rotatable bonds is 30. The van der Waals surface area contributed by atoms with Crippen molar-refractivity contribution in [2.24, 2.45) is 0 Å². The van der Waals surface area contributed by atoms with E-state index in [-0.39, 0.29) is 0 Å². The first-order valence-corrected chi connectivity index (χ1v) is 28.9. The van der Waals surface area contributed by atoms with Crippen molar-refractivity contribution in [2.45, 2.75) is 179 Å². The maximum Gasteiger partial charge on any atom is 0.319 e. The summed E-state index contributed by atoms with van der Waals surface area (Å²) in [4.78, 5) is 0. The fourth-order valence-corrected chi connectivity index (χ4v) is 15.3. The van der Waals surface area contributed by atoms with Crippen molar-refractivity contribution in [3.05, 3.63) is 90.0 Å². The van der Waals surface area contributed by atoms with Gasteiger partial charge in [-0.15, -0.1) is 0 Å². The monoisotopic (exact) mass is 866 g/mol. The average Bonchev–Trinajstić information content (AvgIpc) is 4.00.